The molecule has 2 atom stereocenters. The van der Waals surface area contributed by atoms with E-state index in [4.69, 9.17) is 19.5 Å². The number of ether oxygens (including phenoxy) is 1. The SMILES string of the molecule is Cc1ncc(COP(N[C@@H](C)C(=O)OC2CCN(C)CC2)Oc2ccccc2)c(CN)c1O. The van der Waals surface area contributed by atoms with Crippen LogP contribution in [0.25, 0.3) is 0 Å². The number of aromatic hydroxyl groups is 1. The average Bonchev–Trinajstić information content (AvgIpc) is 2.81. The molecule has 0 amide bonds. The third-order valence-corrected chi connectivity index (χ3v) is 6.84. The summed E-state index contributed by atoms with van der Waals surface area (Å²) < 4.78 is 17.7. The van der Waals surface area contributed by atoms with Gasteiger partial charge in [-0.15, -0.1) is 0 Å². The first-order valence-electron chi connectivity index (χ1n) is 11.0. The molecule has 0 aliphatic carbocycles. The van der Waals surface area contributed by atoms with Crippen LogP contribution in [0, 0.1) is 6.92 Å². The van der Waals surface area contributed by atoms with Crippen molar-refractivity contribution >= 4 is 14.5 Å². The summed E-state index contributed by atoms with van der Waals surface area (Å²) in [6.07, 6.45) is 3.21. The van der Waals surface area contributed by atoms with Gasteiger partial charge >= 0.3 is 14.5 Å². The molecule has 1 saturated heterocycles. The van der Waals surface area contributed by atoms with Crippen LogP contribution < -0.4 is 15.3 Å². The lowest BCUT2D eigenvalue weighted by molar-refractivity contribution is -0.152. The molecule has 1 aliphatic rings. The summed E-state index contributed by atoms with van der Waals surface area (Å²) in [5.41, 5.74) is 7.56. The second-order valence-electron chi connectivity index (χ2n) is 8.13. The Balaban J connectivity index is 1.65. The van der Waals surface area contributed by atoms with Gasteiger partial charge < -0.3 is 29.5 Å². The molecular formula is C23H33N4O5P. The summed E-state index contributed by atoms with van der Waals surface area (Å²) in [7, 11) is 0.356. The van der Waals surface area contributed by atoms with Crippen molar-refractivity contribution < 1.29 is 23.7 Å². The lowest BCUT2D eigenvalue weighted by atomic mass is 10.1. The van der Waals surface area contributed by atoms with E-state index in [-0.39, 0.29) is 31.0 Å². The summed E-state index contributed by atoms with van der Waals surface area (Å²) in [4.78, 5) is 19.1. The van der Waals surface area contributed by atoms with Crippen LogP contribution in [-0.4, -0.2) is 53.2 Å². The number of nitrogens with zero attached hydrogens (tertiary/aromatic N) is 2. The van der Waals surface area contributed by atoms with E-state index in [1.807, 2.05) is 30.3 Å². The van der Waals surface area contributed by atoms with Crippen molar-refractivity contribution in [2.75, 3.05) is 20.1 Å². The van der Waals surface area contributed by atoms with Crippen LogP contribution in [0.4, 0.5) is 0 Å². The molecule has 9 nitrogen and oxygen atoms in total. The predicted octanol–water partition coefficient (Wildman–Crippen LogP) is 2.99. The van der Waals surface area contributed by atoms with E-state index in [1.54, 1.807) is 20.0 Å². The summed E-state index contributed by atoms with van der Waals surface area (Å²) in [6, 6.07) is 8.60. The van der Waals surface area contributed by atoms with Gasteiger partial charge in [0.05, 0.1) is 12.3 Å². The van der Waals surface area contributed by atoms with Crippen LogP contribution in [0.3, 0.4) is 0 Å². The molecule has 1 fully saturated rings. The van der Waals surface area contributed by atoms with E-state index >= 15 is 0 Å². The highest BCUT2D eigenvalue weighted by Gasteiger charge is 2.27. The number of carbonyl (C=O) groups excluding carboxylic acids is 1. The molecule has 0 saturated carbocycles. The summed E-state index contributed by atoms with van der Waals surface area (Å²) in [5.74, 6) is 0.334. The number of rotatable bonds is 10. The number of aryl methyl sites for hydroxylation is 1. The Labute approximate surface area is 196 Å². The van der Waals surface area contributed by atoms with Crippen LogP contribution in [0.15, 0.2) is 36.5 Å². The minimum Gasteiger partial charge on any atom is -0.506 e. The number of likely N-dealkylation sites (tertiary alicyclic amines) is 1. The number of hydrogen-bond acceptors (Lipinski definition) is 9. The van der Waals surface area contributed by atoms with E-state index in [9.17, 15) is 9.90 Å². The molecule has 180 valence electrons. The quantitative estimate of drug-likeness (QED) is 0.351. The Kier molecular flexibility index (Phi) is 9.41. The second-order valence-corrected chi connectivity index (χ2v) is 9.34. The van der Waals surface area contributed by atoms with Crippen molar-refractivity contribution in [3.8, 4) is 11.5 Å². The van der Waals surface area contributed by atoms with Crippen LogP contribution in [0.5, 0.6) is 11.5 Å². The Morgan fingerprint density at radius 1 is 1.33 bits per heavy atom. The van der Waals surface area contributed by atoms with Crippen LogP contribution in [0.1, 0.15) is 36.6 Å². The van der Waals surface area contributed by atoms with Gasteiger partial charge in [-0.05, 0) is 45.9 Å². The first-order valence-corrected chi connectivity index (χ1v) is 12.2. The van der Waals surface area contributed by atoms with Crippen LogP contribution >= 0.6 is 8.53 Å². The topological polar surface area (TPSA) is 119 Å². The third-order valence-electron chi connectivity index (χ3n) is 5.50. The van der Waals surface area contributed by atoms with Crippen LogP contribution in [-0.2, 0) is 27.2 Å². The van der Waals surface area contributed by atoms with Gasteiger partial charge in [0.25, 0.3) is 0 Å². The highest BCUT2D eigenvalue weighted by Crippen LogP contribution is 2.38. The number of nitrogens with one attached hydrogen (secondary N) is 1. The van der Waals surface area contributed by atoms with E-state index < -0.39 is 14.6 Å². The maximum Gasteiger partial charge on any atom is 0.323 e. The fourth-order valence-corrected chi connectivity index (χ4v) is 4.58. The molecule has 1 aliphatic heterocycles. The molecule has 33 heavy (non-hydrogen) atoms. The molecule has 3 rings (SSSR count). The maximum absolute atomic E-state index is 12.7. The number of aromatic nitrogens is 1. The van der Waals surface area contributed by atoms with Gasteiger partial charge in [-0.1, -0.05) is 18.2 Å². The largest absolute Gasteiger partial charge is 0.506 e. The number of hydrogen-bond donors (Lipinski definition) is 3. The Morgan fingerprint density at radius 2 is 2.03 bits per heavy atom. The van der Waals surface area contributed by atoms with Crippen molar-refractivity contribution in [1.29, 1.82) is 0 Å². The number of para-hydroxylation sites is 1. The molecule has 0 radical (unpaired) electrons. The van der Waals surface area contributed by atoms with Gasteiger partial charge in [0.1, 0.15) is 23.6 Å². The molecule has 4 N–H and O–H groups in total. The van der Waals surface area contributed by atoms with Gasteiger partial charge in [-0.25, -0.2) is 5.09 Å². The molecule has 2 heterocycles. The normalized spacial score (nSPS) is 16.8. The highest BCUT2D eigenvalue weighted by atomic mass is 31.2. The number of pyridine rings is 1. The lowest BCUT2D eigenvalue weighted by Crippen LogP contribution is -2.40. The molecule has 1 unspecified atom stereocenters. The van der Waals surface area contributed by atoms with Gasteiger partial charge in [0.2, 0.25) is 0 Å². The third kappa shape index (κ3) is 7.35. The standard InChI is InChI=1S/C23H33N4O5P/c1-16-22(28)21(13-24)18(14-25-16)15-30-33(32-20-7-5-4-6-8-20)26-17(2)23(29)31-19-9-11-27(3)12-10-19/h4-8,14,17,19,26,28H,9-13,15,24H2,1-3H3/t17-,33?/m0/s1. The minimum atomic E-state index is -1.71. The van der Waals surface area contributed by atoms with Crippen molar-refractivity contribution in [2.24, 2.45) is 5.73 Å². The first kappa shape index (κ1) is 25.3. The molecular weight excluding hydrogens is 443 g/mol. The Bertz CT molecular complexity index is 909. The molecule has 0 bridgehead atoms. The minimum absolute atomic E-state index is 0.0648. The van der Waals surface area contributed by atoms with Crippen molar-refractivity contribution in [3.05, 3.63) is 53.3 Å². The monoisotopic (exact) mass is 476 g/mol. The number of benzene rings is 1. The van der Waals surface area contributed by atoms with E-state index in [2.05, 4.69) is 22.0 Å². The second kappa shape index (κ2) is 12.3. The summed E-state index contributed by atoms with van der Waals surface area (Å²) >= 11 is 0. The first-order chi connectivity index (χ1) is 15.9. The van der Waals surface area contributed by atoms with Crippen molar-refractivity contribution in [1.82, 2.24) is 15.0 Å². The molecule has 1 aromatic carbocycles. The van der Waals surface area contributed by atoms with Gasteiger partial charge in [-0.3, -0.25) is 9.78 Å². The summed E-state index contributed by atoms with van der Waals surface area (Å²) in [5, 5.41) is 13.4. The van der Waals surface area contributed by atoms with Gasteiger partial charge in [0.15, 0.2) is 0 Å². The fourth-order valence-electron chi connectivity index (χ4n) is 3.41. The number of piperidine rings is 1. The van der Waals surface area contributed by atoms with E-state index in [0.29, 0.717) is 22.6 Å². The molecule has 1 aromatic heterocycles. The number of nitrogens with two attached hydrogens (primary N) is 1. The maximum atomic E-state index is 12.7. The fraction of sp³-hybridized carbons (Fsp3) is 0.478. The Hall–Kier alpha value is -2.29. The van der Waals surface area contributed by atoms with E-state index in [0.717, 1.165) is 25.9 Å². The molecule has 2 aromatic rings. The van der Waals surface area contributed by atoms with Gasteiger partial charge in [0, 0.05) is 37.0 Å². The highest BCUT2D eigenvalue weighted by molar-refractivity contribution is 7.45. The zero-order chi connectivity index (χ0) is 23.8. The molecule has 10 heteroatoms. The predicted molar refractivity (Wildman–Crippen MR) is 127 cm³/mol. The number of esters is 1. The zero-order valence-electron chi connectivity index (χ0n) is 19.4. The lowest BCUT2D eigenvalue weighted by Gasteiger charge is -2.30. The zero-order valence-corrected chi connectivity index (χ0v) is 20.3. The van der Waals surface area contributed by atoms with Crippen molar-refractivity contribution in [3.63, 3.8) is 0 Å². The molecule has 0 spiro atoms. The van der Waals surface area contributed by atoms with E-state index in [1.165, 1.54) is 0 Å². The van der Waals surface area contributed by atoms with Crippen molar-refractivity contribution in [2.45, 2.75) is 52.0 Å². The van der Waals surface area contributed by atoms with Gasteiger partial charge in [-0.2, -0.15) is 0 Å². The smallest absolute Gasteiger partial charge is 0.323 e. The Morgan fingerprint density at radius 3 is 2.70 bits per heavy atom. The number of carbonyl (C=O) groups is 1. The summed E-state index contributed by atoms with van der Waals surface area (Å²) in [6.45, 7) is 5.52. The average molecular weight is 477 g/mol. The van der Waals surface area contributed by atoms with Crippen LogP contribution in [0.2, 0.25) is 0 Å².